The lowest BCUT2D eigenvalue weighted by Gasteiger charge is -2.15. The molecule has 0 aromatic rings. The van der Waals surface area contributed by atoms with E-state index in [2.05, 4.69) is 15.4 Å². The third-order valence-corrected chi connectivity index (χ3v) is 2.79. The zero-order chi connectivity index (χ0) is 7.42. The van der Waals surface area contributed by atoms with E-state index in [4.69, 9.17) is 4.84 Å². The Morgan fingerprint density at radius 2 is 2.18 bits per heavy atom. The van der Waals surface area contributed by atoms with Gasteiger partial charge in [-0.15, -0.1) is 0 Å². The molecule has 0 aromatic carbocycles. The molecule has 4 atom stereocenters. The summed E-state index contributed by atoms with van der Waals surface area (Å²) < 4.78 is 0. The predicted molar refractivity (Wildman–Crippen MR) is 38.5 cm³/mol. The topological polar surface area (TPSA) is 46.3 Å². The van der Waals surface area contributed by atoms with Crippen LogP contribution in [-0.2, 0) is 4.84 Å². The highest BCUT2D eigenvalue weighted by Crippen LogP contribution is 2.42. The van der Waals surface area contributed by atoms with Crippen LogP contribution in [0.15, 0.2) is 15.4 Å². The Balaban J connectivity index is 2.03. The van der Waals surface area contributed by atoms with E-state index < -0.39 is 0 Å². The van der Waals surface area contributed by atoms with Crippen LogP contribution >= 0.6 is 0 Å². The molecule has 0 spiro atoms. The van der Waals surface area contributed by atoms with Crippen LogP contribution in [0.3, 0.4) is 0 Å². The molecule has 4 nitrogen and oxygen atoms in total. The van der Waals surface area contributed by atoms with Crippen molar-refractivity contribution in [3.05, 3.63) is 0 Å². The summed E-state index contributed by atoms with van der Waals surface area (Å²) in [4.78, 5) is 5.26. The first-order valence-electron chi connectivity index (χ1n) is 3.96. The van der Waals surface area contributed by atoms with Crippen LogP contribution in [-0.4, -0.2) is 23.9 Å². The fraction of sp³-hybridized carbons (Fsp3) is 0.857. The van der Waals surface area contributed by atoms with Gasteiger partial charge >= 0.3 is 0 Å². The largest absolute Gasteiger partial charge is 0.389 e. The molecule has 3 aliphatic rings. The minimum Gasteiger partial charge on any atom is -0.389 e. The Bertz CT molecular complexity index is 260. The predicted octanol–water partition coefficient (Wildman–Crippen LogP) is 0.984. The van der Waals surface area contributed by atoms with Crippen LogP contribution in [0.25, 0.3) is 0 Å². The normalized spacial score (nSPS) is 50.8. The van der Waals surface area contributed by atoms with E-state index in [9.17, 15) is 0 Å². The second-order valence-electron chi connectivity index (χ2n) is 3.43. The average Bonchev–Trinajstić information content (AvgIpc) is 2.60. The van der Waals surface area contributed by atoms with Gasteiger partial charge in [-0.05, 0) is 6.92 Å². The van der Waals surface area contributed by atoms with Gasteiger partial charge in [0.25, 0.3) is 0 Å². The minimum atomic E-state index is 0.220. The summed E-state index contributed by atoms with van der Waals surface area (Å²) in [6.07, 6.45) is 1.29. The molecule has 3 rings (SSSR count). The van der Waals surface area contributed by atoms with Gasteiger partial charge in [0.1, 0.15) is 6.04 Å². The van der Waals surface area contributed by atoms with Gasteiger partial charge in [0.05, 0.1) is 17.7 Å². The van der Waals surface area contributed by atoms with E-state index in [1.807, 2.05) is 6.92 Å². The van der Waals surface area contributed by atoms with Crippen LogP contribution in [0, 0.1) is 5.92 Å². The van der Waals surface area contributed by atoms with Crippen LogP contribution in [0.4, 0.5) is 0 Å². The standard InChI is InChI=1S/C7H9N3O/c1-3-6-4-2-5(9-8-4)7(6)11-10-3/h4-7H,2H2,1H3/t4-,5-,6+,7+/m1/s1. The number of hydrogen-bond acceptors (Lipinski definition) is 4. The summed E-state index contributed by atoms with van der Waals surface area (Å²) in [7, 11) is 0. The van der Waals surface area contributed by atoms with Gasteiger partial charge in [-0.2, -0.15) is 10.2 Å². The van der Waals surface area contributed by atoms with Crippen LogP contribution < -0.4 is 0 Å². The average molecular weight is 151 g/mol. The van der Waals surface area contributed by atoms with E-state index in [1.165, 1.54) is 0 Å². The second-order valence-corrected chi connectivity index (χ2v) is 3.43. The maximum Gasteiger partial charge on any atom is 0.161 e. The number of nitrogens with zero attached hydrogens (tertiary/aromatic N) is 3. The third-order valence-electron chi connectivity index (χ3n) is 2.79. The van der Waals surface area contributed by atoms with E-state index in [0.717, 1.165) is 12.1 Å². The summed E-state index contributed by atoms with van der Waals surface area (Å²) in [5, 5.41) is 12.2. The van der Waals surface area contributed by atoms with Crippen molar-refractivity contribution in [2.75, 3.05) is 0 Å². The van der Waals surface area contributed by atoms with Crippen LogP contribution in [0.2, 0.25) is 0 Å². The fourth-order valence-corrected chi connectivity index (χ4v) is 2.25. The number of fused-ring (bicyclic) bond motifs is 5. The zero-order valence-corrected chi connectivity index (χ0v) is 6.27. The van der Waals surface area contributed by atoms with Crippen LogP contribution in [0.1, 0.15) is 13.3 Å². The van der Waals surface area contributed by atoms with Gasteiger partial charge in [-0.3, -0.25) is 0 Å². The van der Waals surface area contributed by atoms with Crippen molar-refractivity contribution in [2.24, 2.45) is 21.3 Å². The molecule has 58 valence electrons. The summed E-state index contributed by atoms with van der Waals surface area (Å²) >= 11 is 0. The van der Waals surface area contributed by atoms with E-state index >= 15 is 0 Å². The van der Waals surface area contributed by atoms with E-state index in [-0.39, 0.29) is 6.10 Å². The quantitative estimate of drug-likeness (QED) is 0.509. The van der Waals surface area contributed by atoms with Gasteiger partial charge in [-0.1, -0.05) is 5.16 Å². The summed E-state index contributed by atoms with van der Waals surface area (Å²) in [5.74, 6) is 0.442. The van der Waals surface area contributed by atoms with Crippen molar-refractivity contribution in [1.82, 2.24) is 0 Å². The van der Waals surface area contributed by atoms with Crippen molar-refractivity contribution in [1.29, 1.82) is 0 Å². The van der Waals surface area contributed by atoms with Gasteiger partial charge in [0.2, 0.25) is 0 Å². The first kappa shape index (κ1) is 5.69. The molecule has 0 aromatic heterocycles. The highest BCUT2D eigenvalue weighted by Gasteiger charge is 2.53. The van der Waals surface area contributed by atoms with Crippen molar-refractivity contribution in [3.8, 4) is 0 Å². The number of oxime groups is 1. The number of rotatable bonds is 0. The third kappa shape index (κ3) is 0.536. The van der Waals surface area contributed by atoms with Gasteiger partial charge in [0, 0.05) is 6.42 Å². The second kappa shape index (κ2) is 1.62. The SMILES string of the molecule is CC1=NO[C@@H]2[C@@H]1[C@H]1C[C@H]2N=N1. The first-order chi connectivity index (χ1) is 5.36. The van der Waals surface area contributed by atoms with Gasteiger partial charge < -0.3 is 4.84 Å². The summed E-state index contributed by atoms with van der Waals surface area (Å²) in [6.45, 7) is 2.01. The Kier molecular flexibility index (Phi) is 0.840. The van der Waals surface area contributed by atoms with Gasteiger partial charge in [-0.25, -0.2) is 0 Å². The van der Waals surface area contributed by atoms with Gasteiger partial charge in [0.15, 0.2) is 6.10 Å². The van der Waals surface area contributed by atoms with E-state index in [1.54, 1.807) is 0 Å². The molecule has 1 saturated carbocycles. The molecular formula is C7H9N3O. The zero-order valence-electron chi connectivity index (χ0n) is 6.27. The molecule has 0 radical (unpaired) electrons. The molecule has 0 amide bonds. The summed E-state index contributed by atoms with van der Waals surface area (Å²) in [5.41, 5.74) is 1.10. The Hall–Kier alpha value is -0.930. The molecule has 11 heavy (non-hydrogen) atoms. The first-order valence-corrected chi connectivity index (χ1v) is 3.96. The molecule has 2 heterocycles. The number of azo groups is 1. The molecule has 0 unspecified atom stereocenters. The van der Waals surface area contributed by atoms with E-state index in [0.29, 0.717) is 18.0 Å². The molecule has 2 bridgehead atoms. The Morgan fingerprint density at radius 1 is 1.36 bits per heavy atom. The molecule has 4 heteroatoms. The molecule has 1 fully saturated rings. The Morgan fingerprint density at radius 3 is 3.00 bits per heavy atom. The lowest BCUT2D eigenvalue weighted by molar-refractivity contribution is 0.0566. The molecular weight excluding hydrogens is 142 g/mol. The fourth-order valence-electron chi connectivity index (χ4n) is 2.25. The molecule has 0 N–H and O–H groups in total. The smallest absolute Gasteiger partial charge is 0.161 e. The van der Waals surface area contributed by atoms with Crippen LogP contribution in [0.5, 0.6) is 0 Å². The van der Waals surface area contributed by atoms with Crippen molar-refractivity contribution in [2.45, 2.75) is 31.5 Å². The minimum absolute atomic E-state index is 0.220. The molecule has 2 aliphatic heterocycles. The highest BCUT2D eigenvalue weighted by molar-refractivity contribution is 5.87. The summed E-state index contributed by atoms with van der Waals surface area (Å²) in [6, 6.07) is 0.669. The lowest BCUT2D eigenvalue weighted by atomic mass is 9.97. The maximum absolute atomic E-state index is 5.26. The number of hydrogen-bond donors (Lipinski definition) is 0. The van der Waals surface area contributed by atoms with Crippen molar-refractivity contribution < 1.29 is 4.84 Å². The molecule has 0 saturated heterocycles. The van der Waals surface area contributed by atoms with Crippen molar-refractivity contribution in [3.63, 3.8) is 0 Å². The molecule has 1 aliphatic carbocycles. The Labute approximate surface area is 64.3 Å². The monoisotopic (exact) mass is 151 g/mol. The lowest BCUT2D eigenvalue weighted by Crippen LogP contribution is -2.29. The van der Waals surface area contributed by atoms with Crippen molar-refractivity contribution >= 4 is 5.71 Å². The highest BCUT2D eigenvalue weighted by atomic mass is 16.6. The maximum atomic E-state index is 5.26.